The number of benzene rings is 2. The van der Waals surface area contributed by atoms with Gasteiger partial charge < -0.3 is 29.1 Å². The molecule has 1 atom stereocenters. The van der Waals surface area contributed by atoms with Crippen LogP contribution in [0.2, 0.25) is 0 Å². The van der Waals surface area contributed by atoms with Crippen molar-refractivity contribution in [3.8, 4) is 22.9 Å². The SMILES string of the molecule is CCOc1ccc(-c2nc(N(C)C)nc(N(C)CCOc3ccc(CC(OCC)C(=O)O)cc3)n2)cc1. The van der Waals surface area contributed by atoms with Crippen molar-refractivity contribution < 1.29 is 24.1 Å². The number of ether oxygens (including phenoxy) is 3. The molecular weight excluding hydrogens is 474 g/mol. The fourth-order valence-electron chi connectivity index (χ4n) is 3.48. The Bertz CT molecular complexity index is 1140. The van der Waals surface area contributed by atoms with Crippen molar-refractivity contribution in [2.24, 2.45) is 0 Å². The molecule has 0 aliphatic rings. The van der Waals surface area contributed by atoms with E-state index >= 15 is 0 Å². The highest BCUT2D eigenvalue weighted by Crippen LogP contribution is 2.23. The first-order chi connectivity index (χ1) is 17.8. The van der Waals surface area contributed by atoms with E-state index in [0.717, 1.165) is 16.9 Å². The van der Waals surface area contributed by atoms with E-state index < -0.39 is 12.1 Å². The van der Waals surface area contributed by atoms with Crippen molar-refractivity contribution in [1.82, 2.24) is 15.0 Å². The van der Waals surface area contributed by atoms with E-state index in [9.17, 15) is 9.90 Å². The van der Waals surface area contributed by atoms with Crippen LogP contribution in [0.3, 0.4) is 0 Å². The number of nitrogens with zero attached hydrogens (tertiary/aromatic N) is 5. The molecule has 0 aliphatic heterocycles. The number of hydrogen-bond donors (Lipinski definition) is 1. The van der Waals surface area contributed by atoms with Crippen molar-refractivity contribution in [3.63, 3.8) is 0 Å². The molecule has 0 saturated carbocycles. The number of carbonyl (C=O) groups is 1. The zero-order chi connectivity index (χ0) is 26.8. The first kappa shape index (κ1) is 27.7. The van der Waals surface area contributed by atoms with Gasteiger partial charge in [-0.15, -0.1) is 0 Å². The molecule has 0 saturated heterocycles. The Morgan fingerprint density at radius 3 is 2.08 bits per heavy atom. The molecule has 3 aromatic rings. The quantitative estimate of drug-likeness (QED) is 0.346. The second-order valence-electron chi connectivity index (χ2n) is 8.51. The van der Waals surface area contributed by atoms with Crippen LogP contribution < -0.4 is 19.3 Å². The minimum atomic E-state index is -0.966. The van der Waals surface area contributed by atoms with Crippen LogP contribution in [0.5, 0.6) is 11.5 Å². The lowest BCUT2D eigenvalue weighted by Crippen LogP contribution is -2.27. The van der Waals surface area contributed by atoms with E-state index in [-0.39, 0.29) is 0 Å². The summed E-state index contributed by atoms with van der Waals surface area (Å²) in [5.74, 6) is 2.20. The van der Waals surface area contributed by atoms with Crippen LogP contribution in [0, 0.1) is 0 Å². The maximum atomic E-state index is 11.3. The second kappa shape index (κ2) is 13.4. The van der Waals surface area contributed by atoms with Crippen LogP contribution in [-0.2, 0) is 16.0 Å². The van der Waals surface area contributed by atoms with Crippen molar-refractivity contribution in [1.29, 1.82) is 0 Å². The topological polar surface area (TPSA) is 110 Å². The van der Waals surface area contributed by atoms with Gasteiger partial charge in [0.25, 0.3) is 0 Å². The van der Waals surface area contributed by atoms with Crippen LogP contribution in [0.15, 0.2) is 48.5 Å². The molecule has 0 bridgehead atoms. The molecule has 0 aliphatic carbocycles. The van der Waals surface area contributed by atoms with E-state index in [1.54, 1.807) is 6.92 Å². The molecule has 0 amide bonds. The summed E-state index contributed by atoms with van der Waals surface area (Å²) in [6, 6.07) is 15.0. The number of likely N-dealkylation sites (N-methyl/N-ethyl adjacent to an activating group) is 1. The molecule has 2 aromatic carbocycles. The predicted octanol–water partition coefficient (Wildman–Crippen LogP) is 3.55. The summed E-state index contributed by atoms with van der Waals surface area (Å²) in [6.07, 6.45) is -0.554. The van der Waals surface area contributed by atoms with Crippen LogP contribution in [0.4, 0.5) is 11.9 Å². The first-order valence-electron chi connectivity index (χ1n) is 12.2. The lowest BCUT2D eigenvalue weighted by atomic mass is 10.1. The molecule has 10 nitrogen and oxygen atoms in total. The summed E-state index contributed by atoms with van der Waals surface area (Å²) < 4.78 is 16.7. The minimum absolute atomic E-state index is 0.302. The molecule has 0 spiro atoms. The Hall–Kier alpha value is -3.92. The normalized spacial score (nSPS) is 11.6. The van der Waals surface area contributed by atoms with Gasteiger partial charge in [-0.2, -0.15) is 15.0 Å². The maximum absolute atomic E-state index is 11.3. The monoisotopic (exact) mass is 509 g/mol. The van der Waals surface area contributed by atoms with Crippen LogP contribution >= 0.6 is 0 Å². The zero-order valence-corrected chi connectivity index (χ0v) is 22.0. The third kappa shape index (κ3) is 8.04. The van der Waals surface area contributed by atoms with Gasteiger partial charge in [0.1, 0.15) is 18.1 Å². The summed E-state index contributed by atoms with van der Waals surface area (Å²) in [7, 11) is 5.69. The molecule has 3 rings (SSSR count). The van der Waals surface area contributed by atoms with Gasteiger partial charge in [-0.3, -0.25) is 0 Å². The van der Waals surface area contributed by atoms with E-state index in [2.05, 4.69) is 15.0 Å². The fourth-order valence-corrected chi connectivity index (χ4v) is 3.48. The number of aliphatic carboxylic acids is 1. The summed E-state index contributed by atoms with van der Waals surface area (Å²) in [4.78, 5) is 28.9. The third-order valence-corrected chi connectivity index (χ3v) is 5.46. The van der Waals surface area contributed by atoms with Crippen molar-refractivity contribution in [2.45, 2.75) is 26.4 Å². The fraction of sp³-hybridized carbons (Fsp3) is 0.407. The van der Waals surface area contributed by atoms with Gasteiger partial charge in [-0.05, 0) is 55.8 Å². The van der Waals surface area contributed by atoms with Gasteiger partial charge in [0.05, 0.1) is 13.2 Å². The highest BCUT2D eigenvalue weighted by molar-refractivity contribution is 5.72. The lowest BCUT2D eigenvalue weighted by Gasteiger charge is -2.20. The standard InChI is InChI=1S/C27H35N5O5/c1-6-35-21-14-10-20(11-15-21)24-28-26(31(3)4)30-27(29-24)32(5)16-17-37-22-12-8-19(9-13-22)18-23(25(33)34)36-7-2/h8-15,23H,6-7,16-18H2,1-5H3,(H,33,34). The number of hydrogen-bond acceptors (Lipinski definition) is 9. The van der Waals surface area contributed by atoms with Gasteiger partial charge in [-0.25, -0.2) is 4.79 Å². The van der Waals surface area contributed by atoms with E-state index in [1.165, 1.54) is 0 Å². The molecule has 1 unspecified atom stereocenters. The first-order valence-corrected chi connectivity index (χ1v) is 12.2. The minimum Gasteiger partial charge on any atom is -0.494 e. The Morgan fingerprint density at radius 2 is 1.49 bits per heavy atom. The van der Waals surface area contributed by atoms with Crippen molar-refractivity contribution in [3.05, 3.63) is 54.1 Å². The largest absolute Gasteiger partial charge is 0.494 e. The summed E-state index contributed by atoms with van der Waals surface area (Å²) in [6.45, 7) is 5.65. The highest BCUT2D eigenvalue weighted by atomic mass is 16.5. The number of anilines is 2. The van der Waals surface area contributed by atoms with Gasteiger partial charge in [-0.1, -0.05) is 12.1 Å². The molecule has 1 N–H and O–H groups in total. The molecule has 0 fully saturated rings. The third-order valence-electron chi connectivity index (χ3n) is 5.46. The van der Waals surface area contributed by atoms with Gasteiger partial charge in [0.2, 0.25) is 11.9 Å². The van der Waals surface area contributed by atoms with Crippen LogP contribution in [-0.4, -0.2) is 79.6 Å². The maximum Gasteiger partial charge on any atom is 0.333 e. The summed E-state index contributed by atoms with van der Waals surface area (Å²) in [5.41, 5.74) is 1.74. The van der Waals surface area contributed by atoms with Crippen molar-refractivity contribution >= 4 is 17.9 Å². The molecule has 37 heavy (non-hydrogen) atoms. The Labute approximate surface area is 217 Å². The van der Waals surface area contributed by atoms with E-state index in [4.69, 9.17) is 14.2 Å². The molecule has 0 radical (unpaired) electrons. The number of rotatable bonds is 14. The second-order valence-corrected chi connectivity index (χ2v) is 8.51. The van der Waals surface area contributed by atoms with E-state index in [0.29, 0.717) is 56.3 Å². The Kier molecular flexibility index (Phi) is 10.0. The Balaban J connectivity index is 1.63. The van der Waals surface area contributed by atoms with Crippen molar-refractivity contribution in [2.75, 3.05) is 57.3 Å². The smallest absolute Gasteiger partial charge is 0.333 e. The highest BCUT2D eigenvalue weighted by Gasteiger charge is 2.18. The van der Waals surface area contributed by atoms with Gasteiger partial charge >= 0.3 is 5.97 Å². The molecule has 1 aromatic heterocycles. The number of carboxylic acids is 1. The van der Waals surface area contributed by atoms with Gasteiger partial charge in [0, 0.05) is 39.7 Å². The van der Waals surface area contributed by atoms with Gasteiger partial charge in [0.15, 0.2) is 11.9 Å². The lowest BCUT2D eigenvalue weighted by molar-refractivity contribution is -0.149. The number of carboxylic acid groups (broad SMARTS) is 1. The molecule has 1 heterocycles. The summed E-state index contributed by atoms with van der Waals surface area (Å²) >= 11 is 0. The number of aromatic nitrogens is 3. The predicted molar refractivity (Wildman–Crippen MR) is 143 cm³/mol. The average molecular weight is 510 g/mol. The Morgan fingerprint density at radius 1 is 0.865 bits per heavy atom. The summed E-state index contributed by atoms with van der Waals surface area (Å²) in [5, 5.41) is 9.27. The molecule has 198 valence electrons. The van der Waals surface area contributed by atoms with Crippen LogP contribution in [0.25, 0.3) is 11.4 Å². The van der Waals surface area contributed by atoms with E-state index in [1.807, 2.05) is 86.4 Å². The zero-order valence-electron chi connectivity index (χ0n) is 22.0. The molecule has 10 heteroatoms. The molecular formula is C27H35N5O5. The average Bonchev–Trinajstić information content (AvgIpc) is 2.89. The van der Waals surface area contributed by atoms with Crippen LogP contribution in [0.1, 0.15) is 19.4 Å².